The molecule has 3 rings (SSSR count). The van der Waals surface area contributed by atoms with Gasteiger partial charge in [-0.1, -0.05) is 18.2 Å². The number of carbonyl (C=O) groups excluding carboxylic acids is 2. The minimum atomic E-state index is -0.304. The molecule has 120 valence electrons. The fraction of sp³-hybridized carbons (Fsp3) is 0.105. The number of H-pyrrole nitrogens is 1. The van der Waals surface area contributed by atoms with Crippen LogP contribution in [0.1, 0.15) is 16.8 Å². The quantitative estimate of drug-likeness (QED) is 0.573. The van der Waals surface area contributed by atoms with Gasteiger partial charge in [0.2, 0.25) is 0 Å². The molecule has 0 saturated carbocycles. The highest BCUT2D eigenvalue weighted by atomic mass is 16.1. The zero-order valence-electron chi connectivity index (χ0n) is 13.5. The molecule has 0 bridgehead atoms. The molecular formula is C19H17N3O2. The van der Waals surface area contributed by atoms with E-state index in [1.807, 2.05) is 31.2 Å². The largest absolute Gasteiger partial charge is 0.358 e. The highest BCUT2D eigenvalue weighted by Crippen LogP contribution is 2.33. The Morgan fingerprint density at radius 1 is 1.17 bits per heavy atom. The third kappa shape index (κ3) is 2.60. The van der Waals surface area contributed by atoms with Crippen LogP contribution in [0.4, 0.5) is 0 Å². The molecule has 0 spiro atoms. The predicted octanol–water partition coefficient (Wildman–Crippen LogP) is 2.73. The number of fused-ring (bicyclic) bond motifs is 1. The van der Waals surface area contributed by atoms with Crippen LogP contribution >= 0.6 is 0 Å². The Labute approximate surface area is 139 Å². The second-order valence-electron chi connectivity index (χ2n) is 5.39. The van der Waals surface area contributed by atoms with Crippen LogP contribution in [0.5, 0.6) is 0 Å². The average Bonchev–Trinajstić information content (AvgIpc) is 2.95. The maximum Gasteiger partial charge on any atom is 0.252 e. The predicted molar refractivity (Wildman–Crippen MR) is 94.2 cm³/mol. The van der Waals surface area contributed by atoms with E-state index in [4.69, 9.17) is 0 Å². The van der Waals surface area contributed by atoms with Gasteiger partial charge in [-0.05, 0) is 30.7 Å². The van der Waals surface area contributed by atoms with E-state index in [9.17, 15) is 9.59 Å². The van der Waals surface area contributed by atoms with Crippen LogP contribution in [0, 0.1) is 6.92 Å². The Morgan fingerprint density at radius 3 is 2.54 bits per heavy atom. The van der Waals surface area contributed by atoms with Gasteiger partial charge >= 0.3 is 0 Å². The molecule has 2 N–H and O–H groups in total. The number of hydrogen-bond acceptors (Lipinski definition) is 3. The monoisotopic (exact) mass is 319 g/mol. The fourth-order valence-corrected chi connectivity index (χ4v) is 2.90. The van der Waals surface area contributed by atoms with E-state index in [0.717, 1.165) is 28.4 Å². The summed E-state index contributed by atoms with van der Waals surface area (Å²) in [6, 6.07) is 11.2. The van der Waals surface area contributed by atoms with Crippen molar-refractivity contribution in [2.24, 2.45) is 0 Å². The van der Waals surface area contributed by atoms with Crippen LogP contribution in [0.15, 0.2) is 48.8 Å². The molecule has 0 aliphatic carbocycles. The molecule has 1 aromatic carbocycles. The number of aldehydes is 1. The van der Waals surface area contributed by atoms with Crippen molar-refractivity contribution in [2.75, 3.05) is 7.05 Å². The van der Waals surface area contributed by atoms with Crippen LogP contribution in [0.3, 0.4) is 0 Å². The Balaban J connectivity index is 2.39. The molecular weight excluding hydrogens is 302 g/mol. The van der Waals surface area contributed by atoms with Gasteiger partial charge in [0.05, 0.1) is 5.57 Å². The first-order valence-electron chi connectivity index (χ1n) is 7.57. The Kier molecular flexibility index (Phi) is 4.24. The van der Waals surface area contributed by atoms with Gasteiger partial charge in [-0.3, -0.25) is 14.6 Å². The van der Waals surface area contributed by atoms with Gasteiger partial charge in [0.15, 0.2) is 6.29 Å². The van der Waals surface area contributed by atoms with Crippen LogP contribution in [-0.2, 0) is 9.59 Å². The number of nitrogens with zero attached hydrogens (tertiary/aromatic N) is 1. The lowest BCUT2D eigenvalue weighted by atomic mass is 9.93. The Hall–Kier alpha value is -3.21. The SMILES string of the molecule is CNC(=O)/C(=C(\C=O)c1ccncc1)c1c(C)[nH]c2ccccc12. The molecule has 5 heteroatoms. The molecule has 0 radical (unpaired) electrons. The molecule has 3 aromatic rings. The van der Waals surface area contributed by atoms with Crippen molar-refractivity contribution in [3.05, 3.63) is 65.6 Å². The summed E-state index contributed by atoms with van der Waals surface area (Å²) >= 11 is 0. The summed E-state index contributed by atoms with van der Waals surface area (Å²) in [6.45, 7) is 1.90. The van der Waals surface area contributed by atoms with Gasteiger partial charge < -0.3 is 10.3 Å². The standard InChI is InChI=1S/C19H17N3O2/c1-12-17(14-5-3-4-6-16(14)22-12)18(19(24)20-2)15(11-23)13-7-9-21-10-8-13/h3-11,22H,1-2H3,(H,20,24)/b18-15+. The molecule has 1 amide bonds. The number of benzene rings is 1. The van der Waals surface area contributed by atoms with Crippen LogP contribution in [-0.4, -0.2) is 29.2 Å². The normalized spacial score (nSPS) is 11.9. The number of aryl methyl sites for hydroxylation is 1. The van der Waals surface area contributed by atoms with E-state index >= 15 is 0 Å². The molecule has 0 aliphatic heterocycles. The van der Waals surface area contributed by atoms with Crippen molar-refractivity contribution >= 4 is 34.2 Å². The van der Waals surface area contributed by atoms with Crippen molar-refractivity contribution in [2.45, 2.75) is 6.92 Å². The lowest BCUT2D eigenvalue weighted by molar-refractivity contribution is -0.115. The zero-order chi connectivity index (χ0) is 17.1. The second-order valence-corrected chi connectivity index (χ2v) is 5.39. The summed E-state index contributed by atoms with van der Waals surface area (Å²) in [5.74, 6) is -0.304. The third-order valence-electron chi connectivity index (χ3n) is 3.98. The first kappa shape index (κ1) is 15.7. The van der Waals surface area contributed by atoms with Crippen molar-refractivity contribution in [1.82, 2.24) is 15.3 Å². The van der Waals surface area contributed by atoms with Crippen molar-refractivity contribution in [3.8, 4) is 0 Å². The van der Waals surface area contributed by atoms with Gasteiger partial charge in [-0.2, -0.15) is 0 Å². The van der Waals surface area contributed by atoms with E-state index in [1.165, 1.54) is 0 Å². The molecule has 2 aromatic heterocycles. The number of amides is 1. The maximum absolute atomic E-state index is 12.6. The number of aromatic nitrogens is 2. The van der Waals surface area contributed by atoms with Crippen molar-refractivity contribution in [1.29, 1.82) is 0 Å². The van der Waals surface area contributed by atoms with E-state index in [2.05, 4.69) is 15.3 Å². The number of rotatable bonds is 4. The molecule has 0 unspecified atom stereocenters. The number of hydrogen-bond donors (Lipinski definition) is 2. The summed E-state index contributed by atoms with van der Waals surface area (Å²) in [5, 5.41) is 3.55. The molecule has 0 atom stereocenters. The van der Waals surface area contributed by atoms with Gasteiger partial charge in [-0.25, -0.2) is 0 Å². The molecule has 0 saturated heterocycles. The molecule has 0 aliphatic rings. The molecule has 0 fully saturated rings. The zero-order valence-corrected chi connectivity index (χ0v) is 13.5. The van der Waals surface area contributed by atoms with Crippen LogP contribution in [0.25, 0.3) is 22.0 Å². The Bertz CT molecular complexity index is 940. The summed E-state index contributed by atoms with van der Waals surface area (Å²) in [6.07, 6.45) is 3.92. The van der Waals surface area contributed by atoms with Gasteiger partial charge in [-0.15, -0.1) is 0 Å². The number of allylic oxidation sites excluding steroid dienone is 1. The number of likely N-dealkylation sites (N-methyl/N-ethyl adjacent to an activating group) is 1. The van der Waals surface area contributed by atoms with Crippen LogP contribution in [0.2, 0.25) is 0 Å². The van der Waals surface area contributed by atoms with Gasteiger partial charge in [0.25, 0.3) is 5.91 Å². The molecule has 24 heavy (non-hydrogen) atoms. The Morgan fingerprint density at radius 2 is 1.88 bits per heavy atom. The summed E-state index contributed by atoms with van der Waals surface area (Å²) < 4.78 is 0. The molecule has 2 heterocycles. The summed E-state index contributed by atoms with van der Waals surface area (Å²) in [7, 11) is 1.56. The average molecular weight is 319 g/mol. The first-order valence-corrected chi connectivity index (χ1v) is 7.57. The van der Waals surface area contributed by atoms with Gasteiger partial charge in [0, 0.05) is 47.2 Å². The summed E-state index contributed by atoms with van der Waals surface area (Å²) in [5.41, 5.74) is 3.85. The summed E-state index contributed by atoms with van der Waals surface area (Å²) in [4.78, 5) is 31.7. The fourth-order valence-electron chi connectivity index (χ4n) is 2.90. The minimum Gasteiger partial charge on any atom is -0.358 e. The van der Waals surface area contributed by atoms with E-state index in [-0.39, 0.29) is 5.91 Å². The van der Waals surface area contributed by atoms with Crippen molar-refractivity contribution in [3.63, 3.8) is 0 Å². The highest BCUT2D eigenvalue weighted by molar-refractivity contribution is 6.37. The van der Waals surface area contributed by atoms with Crippen molar-refractivity contribution < 1.29 is 9.59 Å². The smallest absolute Gasteiger partial charge is 0.252 e. The second kappa shape index (κ2) is 6.50. The number of para-hydroxylation sites is 1. The van der Waals surface area contributed by atoms with E-state index in [0.29, 0.717) is 16.7 Å². The number of nitrogens with one attached hydrogen (secondary N) is 2. The first-order chi connectivity index (χ1) is 11.7. The number of aromatic amines is 1. The highest BCUT2D eigenvalue weighted by Gasteiger charge is 2.23. The minimum absolute atomic E-state index is 0.304. The third-order valence-corrected chi connectivity index (χ3v) is 3.98. The molecule has 5 nitrogen and oxygen atoms in total. The van der Waals surface area contributed by atoms with E-state index < -0.39 is 0 Å². The number of pyridine rings is 1. The maximum atomic E-state index is 12.6. The van der Waals surface area contributed by atoms with Crippen LogP contribution < -0.4 is 5.32 Å². The topological polar surface area (TPSA) is 74.8 Å². The van der Waals surface area contributed by atoms with Gasteiger partial charge in [0.1, 0.15) is 0 Å². The number of carbonyl (C=O) groups is 2. The van der Waals surface area contributed by atoms with E-state index in [1.54, 1.807) is 31.6 Å². The lowest BCUT2D eigenvalue weighted by Crippen LogP contribution is -2.21. The lowest BCUT2D eigenvalue weighted by Gasteiger charge is -2.11.